The molecule has 0 unspecified atom stereocenters. The molecule has 2 amide bonds. The molecule has 3 aromatic carbocycles. The molecule has 0 aliphatic rings. The van der Waals surface area contributed by atoms with E-state index in [1.807, 2.05) is 32.0 Å². The molecule has 0 bridgehead atoms. The molecule has 0 aliphatic heterocycles. The number of nitrogens with one attached hydrogen (secondary N) is 3. The van der Waals surface area contributed by atoms with Crippen molar-refractivity contribution >= 4 is 39.3 Å². The van der Waals surface area contributed by atoms with Crippen LogP contribution in [-0.4, -0.2) is 33.1 Å². The molecule has 0 heterocycles. The van der Waals surface area contributed by atoms with Gasteiger partial charge in [-0.25, -0.2) is 8.42 Å². The van der Waals surface area contributed by atoms with Gasteiger partial charge < -0.3 is 4.74 Å². The highest BCUT2D eigenvalue weighted by atomic mass is 32.2. The Balaban J connectivity index is 1.59. The van der Waals surface area contributed by atoms with Gasteiger partial charge in [0.2, 0.25) is 5.91 Å². The minimum absolute atomic E-state index is 0.0834. The highest BCUT2D eigenvalue weighted by Gasteiger charge is 2.17. The van der Waals surface area contributed by atoms with Gasteiger partial charge in [-0.1, -0.05) is 23.8 Å². The van der Waals surface area contributed by atoms with Crippen LogP contribution in [0.15, 0.2) is 76.5 Å². The maximum atomic E-state index is 12.7. The van der Waals surface area contributed by atoms with Crippen molar-refractivity contribution in [1.29, 1.82) is 0 Å². The number of hydrogen-bond acceptors (Lipinski definition) is 6. The Hall–Kier alpha value is -3.50. The molecule has 0 saturated carbocycles. The Kier molecular flexibility index (Phi) is 8.19. The zero-order valence-corrected chi connectivity index (χ0v) is 20.5. The first-order valence-corrected chi connectivity index (χ1v) is 12.7. The second-order valence-corrected chi connectivity index (χ2v) is 10.1. The molecule has 3 rings (SSSR count). The van der Waals surface area contributed by atoms with E-state index in [1.54, 1.807) is 24.3 Å². The third-order valence-electron chi connectivity index (χ3n) is 4.77. The second-order valence-electron chi connectivity index (χ2n) is 7.42. The van der Waals surface area contributed by atoms with Crippen LogP contribution in [0.5, 0.6) is 5.75 Å². The van der Waals surface area contributed by atoms with E-state index < -0.39 is 15.9 Å². The van der Waals surface area contributed by atoms with Crippen LogP contribution in [0.2, 0.25) is 0 Å². The highest BCUT2D eigenvalue weighted by Crippen LogP contribution is 2.23. The topological polar surface area (TPSA) is 114 Å². The van der Waals surface area contributed by atoms with E-state index in [2.05, 4.69) is 15.6 Å². The summed E-state index contributed by atoms with van der Waals surface area (Å²) in [4.78, 5) is 25.5. The normalized spacial score (nSPS) is 10.9. The summed E-state index contributed by atoms with van der Waals surface area (Å²) in [7, 11) is -2.41. The summed E-state index contributed by atoms with van der Waals surface area (Å²) >= 11 is 1.37. The third-order valence-corrected chi connectivity index (χ3v) is 7.30. The number of carbonyl (C=O) groups is 2. The number of hydrazine groups is 1. The van der Waals surface area contributed by atoms with E-state index in [9.17, 15) is 18.0 Å². The number of anilines is 1. The van der Waals surface area contributed by atoms with Gasteiger partial charge >= 0.3 is 0 Å². The zero-order chi connectivity index (χ0) is 24.7. The van der Waals surface area contributed by atoms with E-state index in [4.69, 9.17) is 4.74 Å². The molecular formula is C24H25N3O5S2. The first kappa shape index (κ1) is 25.1. The summed E-state index contributed by atoms with van der Waals surface area (Å²) < 4.78 is 33.0. The van der Waals surface area contributed by atoms with Gasteiger partial charge in [-0.15, -0.1) is 11.8 Å². The van der Waals surface area contributed by atoms with Crippen LogP contribution in [0.3, 0.4) is 0 Å². The zero-order valence-electron chi connectivity index (χ0n) is 18.9. The molecule has 8 nitrogen and oxygen atoms in total. The lowest BCUT2D eigenvalue weighted by Crippen LogP contribution is -2.42. The molecule has 0 aliphatic carbocycles. The molecule has 3 N–H and O–H groups in total. The van der Waals surface area contributed by atoms with Crippen molar-refractivity contribution < 1.29 is 22.7 Å². The van der Waals surface area contributed by atoms with Crippen molar-refractivity contribution in [3.63, 3.8) is 0 Å². The predicted molar refractivity (Wildman–Crippen MR) is 132 cm³/mol. The molecule has 0 fully saturated rings. The smallest absolute Gasteiger partial charge is 0.269 e. The van der Waals surface area contributed by atoms with Gasteiger partial charge in [0.1, 0.15) is 5.75 Å². The van der Waals surface area contributed by atoms with E-state index in [0.717, 1.165) is 16.0 Å². The summed E-state index contributed by atoms with van der Waals surface area (Å²) in [6, 6.07) is 17.9. The van der Waals surface area contributed by atoms with Gasteiger partial charge in [0.25, 0.3) is 15.9 Å². The maximum Gasteiger partial charge on any atom is 0.269 e. The molecule has 0 aromatic heterocycles. The Bertz CT molecular complexity index is 1290. The predicted octanol–water partition coefficient (Wildman–Crippen LogP) is 3.67. The van der Waals surface area contributed by atoms with Gasteiger partial charge in [-0.2, -0.15) is 0 Å². The van der Waals surface area contributed by atoms with Gasteiger partial charge in [0.05, 0.1) is 17.8 Å². The SMILES string of the molecule is COc1ccc(NS(=O)(=O)c2cccc(C(=O)NNC(=O)CSc3cc(C)ccc3C)c2)cc1. The Labute approximate surface area is 203 Å². The number of sulfonamides is 1. The molecule has 0 atom stereocenters. The van der Waals surface area contributed by atoms with Crippen LogP contribution >= 0.6 is 11.8 Å². The van der Waals surface area contributed by atoms with Gasteiger partial charge in [-0.05, 0) is 67.9 Å². The van der Waals surface area contributed by atoms with Crippen LogP contribution in [0, 0.1) is 13.8 Å². The molecular weight excluding hydrogens is 474 g/mol. The lowest BCUT2D eigenvalue weighted by molar-refractivity contribution is -0.119. The second kappa shape index (κ2) is 11.1. The number of carbonyl (C=O) groups excluding carboxylic acids is 2. The first-order chi connectivity index (χ1) is 16.2. The van der Waals surface area contributed by atoms with E-state index in [0.29, 0.717) is 11.4 Å². The molecule has 178 valence electrons. The number of ether oxygens (including phenoxy) is 1. The average Bonchev–Trinajstić information content (AvgIpc) is 2.83. The van der Waals surface area contributed by atoms with Crippen LogP contribution in [0.1, 0.15) is 21.5 Å². The van der Waals surface area contributed by atoms with Gasteiger partial charge in [0, 0.05) is 16.1 Å². The summed E-state index contributed by atoms with van der Waals surface area (Å²) in [6.07, 6.45) is 0. The van der Waals surface area contributed by atoms with Gasteiger partial charge in [-0.3, -0.25) is 25.2 Å². The van der Waals surface area contributed by atoms with Crippen molar-refractivity contribution in [2.24, 2.45) is 0 Å². The van der Waals surface area contributed by atoms with Crippen LogP contribution in [0.4, 0.5) is 5.69 Å². The number of amides is 2. The number of benzene rings is 3. The molecule has 0 radical (unpaired) electrons. The maximum absolute atomic E-state index is 12.7. The number of methoxy groups -OCH3 is 1. The summed E-state index contributed by atoms with van der Waals surface area (Å²) in [5.41, 5.74) is 7.27. The van der Waals surface area contributed by atoms with Crippen LogP contribution in [0.25, 0.3) is 0 Å². The van der Waals surface area contributed by atoms with E-state index >= 15 is 0 Å². The van der Waals surface area contributed by atoms with Crippen molar-refractivity contribution in [2.45, 2.75) is 23.6 Å². The quantitative estimate of drug-likeness (QED) is 0.322. The summed E-state index contributed by atoms with van der Waals surface area (Å²) in [6.45, 7) is 3.94. The van der Waals surface area contributed by atoms with Crippen LogP contribution in [-0.2, 0) is 14.8 Å². The van der Waals surface area contributed by atoms with Crippen molar-refractivity contribution in [2.75, 3.05) is 17.6 Å². The molecule has 0 spiro atoms. The molecule has 0 saturated heterocycles. The van der Waals surface area contributed by atoms with E-state index in [-0.39, 0.29) is 22.1 Å². The average molecular weight is 500 g/mol. The van der Waals surface area contributed by atoms with Crippen molar-refractivity contribution in [3.05, 3.63) is 83.4 Å². The minimum atomic E-state index is -3.93. The molecule has 3 aromatic rings. The van der Waals surface area contributed by atoms with Crippen molar-refractivity contribution in [3.8, 4) is 5.75 Å². The number of thioether (sulfide) groups is 1. The third kappa shape index (κ3) is 6.75. The largest absolute Gasteiger partial charge is 0.497 e. The Morgan fingerprint density at radius 1 is 0.941 bits per heavy atom. The number of aryl methyl sites for hydroxylation is 2. The summed E-state index contributed by atoms with van der Waals surface area (Å²) in [5, 5.41) is 0. The number of rotatable bonds is 8. The molecule has 34 heavy (non-hydrogen) atoms. The minimum Gasteiger partial charge on any atom is -0.497 e. The fraction of sp³-hybridized carbons (Fsp3) is 0.167. The van der Waals surface area contributed by atoms with Crippen LogP contribution < -0.4 is 20.3 Å². The highest BCUT2D eigenvalue weighted by molar-refractivity contribution is 8.00. The monoisotopic (exact) mass is 499 g/mol. The Morgan fingerprint density at radius 2 is 1.68 bits per heavy atom. The number of hydrogen-bond donors (Lipinski definition) is 3. The summed E-state index contributed by atoms with van der Waals surface area (Å²) in [5.74, 6) is -0.308. The fourth-order valence-corrected chi connectivity index (χ4v) is 4.95. The van der Waals surface area contributed by atoms with E-state index in [1.165, 1.54) is 43.1 Å². The lowest BCUT2D eigenvalue weighted by atomic mass is 10.2. The lowest BCUT2D eigenvalue weighted by Gasteiger charge is -2.11. The van der Waals surface area contributed by atoms with Crippen molar-refractivity contribution in [1.82, 2.24) is 10.9 Å². The Morgan fingerprint density at radius 3 is 2.38 bits per heavy atom. The molecule has 10 heteroatoms. The standard InChI is InChI=1S/C24H25N3O5S2/c1-16-7-8-17(2)22(13-16)33-15-23(28)25-26-24(29)18-5-4-6-21(14-18)34(30,31)27-19-9-11-20(32-3)12-10-19/h4-14,27H,15H2,1-3H3,(H,25,28)(H,26,29). The first-order valence-electron chi connectivity index (χ1n) is 10.2. The van der Waals surface area contributed by atoms with Gasteiger partial charge in [0.15, 0.2) is 0 Å². The fourth-order valence-electron chi connectivity index (χ4n) is 2.92.